The Kier molecular flexibility index (Phi) is 9.41. The molecule has 0 aromatic heterocycles. The van der Waals surface area contributed by atoms with Crippen molar-refractivity contribution in [2.24, 2.45) is 0 Å². The average molecular weight is 156 g/mol. The van der Waals surface area contributed by atoms with Crippen LogP contribution in [-0.4, -0.2) is 16.4 Å². The van der Waals surface area contributed by atoms with E-state index in [2.05, 4.69) is 13.2 Å². The lowest BCUT2D eigenvalue weighted by molar-refractivity contribution is 0.137. The molecule has 0 atom stereocenters. The van der Waals surface area contributed by atoms with Crippen molar-refractivity contribution in [2.75, 3.05) is 0 Å². The third kappa shape index (κ3) is 17.7. The molecule has 11 heavy (non-hydrogen) atoms. The first-order chi connectivity index (χ1) is 5.08. The lowest BCUT2D eigenvalue weighted by atomic mass is 10.2. The van der Waals surface area contributed by atoms with E-state index in [9.17, 15) is 0 Å². The highest BCUT2D eigenvalue weighted by Crippen LogP contribution is 1.92. The Labute approximate surface area is 66.0 Å². The molecule has 0 aromatic rings. The van der Waals surface area contributed by atoms with Crippen LogP contribution < -0.4 is 0 Å². The van der Waals surface area contributed by atoms with Crippen LogP contribution in [-0.2, 0) is 0 Å². The van der Waals surface area contributed by atoms with Gasteiger partial charge in [-0.25, -0.2) is 4.79 Å². The van der Waals surface area contributed by atoms with Gasteiger partial charge >= 0.3 is 6.16 Å². The largest absolute Gasteiger partial charge is 0.503 e. The molecule has 3 nitrogen and oxygen atoms in total. The second-order valence-electron chi connectivity index (χ2n) is 1.48. The van der Waals surface area contributed by atoms with Gasteiger partial charge in [-0.1, -0.05) is 31.4 Å². The van der Waals surface area contributed by atoms with E-state index in [0.717, 1.165) is 5.57 Å². The van der Waals surface area contributed by atoms with Crippen LogP contribution in [0.3, 0.4) is 0 Å². The monoisotopic (exact) mass is 156 g/mol. The SMILES string of the molecule is C=CC(C=C)=CC.O=C(O)O. The van der Waals surface area contributed by atoms with Crippen LogP contribution in [0.4, 0.5) is 4.79 Å². The maximum absolute atomic E-state index is 8.56. The zero-order valence-corrected chi connectivity index (χ0v) is 6.45. The van der Waals surface area contributed by atoms with E-state index in [4.69, 9.17) is 15.0 Å². The molecule has 0 aliphatic heterocycles. The lowest BCUT2D eigenvalue weighted by Gasteiger charge is -1.82. The Bertz CT molecular complexity index is 154. The summed E-state index contributed by atoms with van der Waals surface area (Å²) < 4.78 is 0. The number of carboxylic acid groups (broad SMARTS) is 2. The molecule has 0 spiro atoms. The smallest absolute Gasteiger partial charge is 0.450 e. The Morgan fingerprint density at radius 3 is 1.55 bits per heavy atom. The highest BCUT2D eigenvalue weighted by atomic mass is 16.6. The standard InChI is InChI=1S/C7H10.CH2O3/c1-4-7(5-2)6-3;2-1(3)4/h4-6H,1-2H2,3H3;(H2,2,3,4). The molecule has 0 saturated carbocycles. The zero-order chi connectivity index (χ0) is 9.28. The van der Waals surface area contributed by atoms with Gasteiger partial charge in [0.1, 0.15) is 0 Å². The number of hydrogen-bond donors (Lipinski definition) is 2. The summed E-state index contributed by atoms with van der Waals surface area (Å²) in [5.41, 5.74) is 1.08. The van der Waals surface area contributed by atoms with Crippen molar-refractivity contribution in [3.63, 3.8) is 0 Å². The predicted octanol–water partition coefficient (Wildman–Crippen LogP) is 2.53. The molecule has 0 bridgehead atoms. The van der Waals surface area contributed by atoms with E-state index in [1.165, 1.54) is 0 Å². The molecule has 0 aliphatic rings. The van der Waals surface area contributed by atoms with Crippen molar-refractivity contribution >= 4 is 6.16 Å². The van der Waals surface area contributed by atoms with Gasteiger partial charge in [0, 0.05) is 0 Å². The minimum Gasteiger partial charge on any atom is -0.450 e. The van der Waals surface area contributed by atoms with Crippen molar-refractivity contribution in [1.29, 1.82) is 0 Å². The number of allylic oxidation sites excluding steroid dienone is 4. The first kappa shape index (κ1) is 12.2. The van der Waals surface area contributed by atoms with Gasteiger partial charge in [0.05, 0.1) is 0 Å². The predicted molar refractivity (Wildman–Crippen MR) is 44.8 cm³/mol. The van der Waals surface area contributed by atoms with Gasteiger partial charge in [-0.05, 0) is 12.5 Å². The van der Waals surface area contributed by atoms with Crippen molar-refractivity contribution in [3.8, 4) is 0 Å². The fourth-order valence-corrected chi connectivity index (χ4v) is 0.319. The van der Waals surface area contributed by atoms with Crippen LogP contribution in [0, 0.1) is 0 Å². The number of hydrogen-bond acceptors (Lipinski definition) is 1. The average Bonchev–Trinajstić information content (AvgIpc) is 1.90. The fourth-order valence-electron chi connectivity index (χ4n) is 0.319. The lowest BCUT2D eigenvalue weighted by Crippen LogP contribution is -1.81. The van der Waals surface area contributed by atoms with Crippen molar-refractivity contribution in [3.05, 3.63) is 37.0 Å². The van der Waals surface area contributed by atoms with Gasteiger partial charge in [-0.2, -0.15) is 0 Å². The molecule has 0 unspecified atom stereocenters. The molecule has 2 N–H and O–H groups in total. The molecule has 0 rings (SSSR count). The summed E-state index contributed by atoms with van der Waals surface area (Å²) in [4.78, 5) is 8.56. The molecule has 3 heteroatoms. The van der Waals surface area contributed by atoms with Gasteiger partial charge in [0.15, 0.2) is 0 Å². The second kappa shape index (κ2) is 8.49. The highest BCUT2D eigenvalue weighted by molar-refractivity contribution is 5.53. The molecule has 62 valence electrons. The summed E-state index contributed by atoms with van der Waals surface area (Å²) in [7, 11) is 0. The van der Waals surface area contributed by atoms with Gasteiger partial charge in [0.25, 0.3) is 0 Å². The van der Waals surface area contributed by atoms with E-state index < -0.39 is 6.16 Å². The Morgan fingerprint density at radius 1 is 1.27 bits per heavy atom. The van der Waals surface area contributed by atoms with E-state index in [1.54, 1.807) is 12.2 Å². The summed E-state index contributed by atoms with van der Waals surface area (Å²) in [6.07, 6.45) is 3.67. The molecule has 0 fully saturated rings. The van der Waals surface area contributed by atoms with Crippen LogP contribution in [0.25, 0.3) is 0 Å². The first-order valence-electron chi connectivity index (χ1n) is 2.91. The minimum atomic E-state index is -1.83. The van der Waals surface area contributed by atoms with Crippen LogP contribution in [0.5, 0.6) is 0 Å². The van der Waals surface area contributed by atoms with E-state index in [0.29, 0.717) is 0 Å². The van der Waals surface area contributed by atoms with E-state index in [-0.39, 0.29) is 0 Å². The Hall–Kier alpha value is -1.51. The molecule has 0 heterocycles. The first-order valence-corrected chi connectivity index (χ1v) is 2.91. The van der Waals surface area contributed by atoms with Crippen LogP contribution >= 0.6 is 0 Å². The van der Waals surface area contributed by atoms with Crippen LogP contribution in [0.15, 0.2) is 37.0 Å². The number of rotatable bonds is 2. The second-order valence-corrected chi connectivity index (χ2v) is 1.48. The molecular weight excluding hydrogens is 144 g/mol. The van der Waals surface area contributed by atoms with Crippen LogP contribution in [0.2, 0.25) is 0 Å². The summed E-state index contributed by atoms with van der Waals surface area (Å²) in [5, 5.41) is 13.9. The molecule has 0 aliphatic carbocycles. The topological polar surface area (TPSA) is 57.5 Å². The molecule has 0 saturated heterocycles. The van der Waals surface area contributed by atoms with Crippen molar-refractivity contribution < 1.29 is 15.0 Å². The quantitative estimate of drug-likeness (QED) is 0.604. The Morgan fingerprint density at radius 2 is 1.55 bits per heavy atom. The maximum atomic E-state index is 8.56. The van der Waals surface area contributed by atoms with Gasteiger partial charge in [0.2, 0.25) is 0 Å². The summed E-state index contributed by atoms with van der Waals surface area (Å²) >= 11 is 0. The van der Waals surface area contributed by atoms with Crippen molar-refractivity contribution in [2.45, 2.75) is 6.92 Å². The summed E-state index contributed by atoms with van der Waals surface area (Å²) in [6, 6.07) is 0. The van der Waals surface area contributed by atoms with E-state index in [1.807, 2.05) is 13.0 Å². The van der Waals surface area contributed by atoms with Gasteiger partial charge in [-0.3, -0.25) is 0 Å². The van der Waals surface area contributed by atoms with Gasteiger partial charge in [-0.15, -0.1) is 0 Å². The molecule has 0 radical (unpaired) electrons. The third-order valence-electron chi connectivity index (χ3n) is 0.805. The zero-order valence-electron chi connectivity index (χ0n) is 6.45. The highest BCUT2D eigenvalue weighted by Gasteiger charge is 1.72. The fraction of sp³-hybridized carbons (Fsp3) is 0.125. The summed E-state index contributed by atoms with van der Waals surface area (Å²) in [5.74, 6) is 0. The Balaban J connectivity index is 0. The molecule has 0 aromatic carbocycles. The maximum Gasteiger partial charge on any atom is 0.503 e. The van der Waals surface area contributed by atoms with E-state index >= 15 is 0 Å². The minimum absolute atomic E-state index is 1.08. The normalized spacial score (nSPS) is 6.64. The number of carbonyl (C=O) groups is 1. The third-order valence-corrected chi connectivity index (χ3v) is 0.805. The van der Waals surface area contributed by atoms with Crippen LogP contribution in [0.1, 0.15) is 6.92 Å². The van der Waals surface area contributed by atoms with Crippen molar-refractivity contribution in [1.82, 2.24) is 0 Å². The molecule has 0 amide bonds. The van der Waals surface area contributed by atoms with Gasteiger partial charge < -0.3 is 10.2 Å². The molecular formula is C8H12O3. The summed E-state index contributed by atoms with van der Waals surface area (Å²) in [6.45, 7) is 9.08.